The average Bonchev–Trinajstić information content (AvgIpc) is 2.47. The zero-order valence-electron chi connectivity index (χ0n) is 12.1. The van der Waals surface area contributed by atoms with Crippen LogP contribution in [0.1, 0.15) is 32.6 Å². The van der Waals surface area contributed by atoms with E-state index in [-0.39, 0.29) is 10.6 Å². The molecule has 0 amide bonds. The van der Waals surface area contributed by atoms with Crippen molar-refractivity contribution in [3.8, 4) is 0 Å². The summed E-state index contributed by atoms with van der Waals surface area (Å²) in [6.45, 7) is 2.28. The molecule has 0 saturated heterocycles. The van der Waals surface area contributed by atoms with Crippen LogP contribution in [0.2, 0.25) is 0 Å². The second kappa shape index (κ2) is 5.68. The summed E-state index contributed by atoms with van der Waals surface area (Å²) < 4.78 is 0. The molecule has 1 heterocycles. The minimum atomic E-state index is -0.338. The predicted molar refractivity (Wildman–Crippen MR) is 83.4 cm³/mol. The van der Waals surface area contributed by atoms with Crippen molar-refractivity contribution in [3.05, 3.63) is 40.7 Å². The Labute approximate surface area is 123 Å². The number of rotatable bonds is 3. The third kappa shape index (κ3) is 2.82. The lowest BCUT2D eigenvalue weighted by Crippen LogP contribution is -2.26. The fraction of sp³-hybridized carbons (Fsp3) is 0.438. The van der Waals surface area contributed by atoms with Crippen LogP contribution >= 0.6 is 0 Å². The van der Waals surface area contributed by atoms with Crippen LogP contribution in [0.5, 0.6) is 0 Å². The second-order valence-corrected chi connectivity index (χ2v) is 5.92. The first kappa shape index (κ1) is 13.8. The molecule has 0 bridgehead atoms. The van der Waals surface area contributed by atoms with Crippen molar-refractivity contribution < 1.29 is 4.92 Å². The highest BCUT2D eigenvalue weighted by Gasteiger charge is 2.20. The maximum Gasteiger partial charge on any atom is 0.277 e. The molecule has 2 unspecified atom stereocenters. The minimum Gasteiger partial charge on any atom is -0.382 e. The lowest BCUT2D eigenvalue weighted by molar-refractivity contribution is -0.383. The van der Waals surface area contributed by atoms with E-state index in [1.165, 1.54) is 12.8 Å². The lowest BCUT2D eigenvalue weighted by atomic mass is 9.87. The Balaban J connectivity index is 1.96. The summed E-state index contributed by atoms with van der Waals surface area (Å²) in [4.78, 5) is 14.9. The first-order chi connectivity index (χ1) is 10.1. The highest BCUT2D eigenvalue weighted by molar-refractivity contribution is 5.99. The molecule has 3 rings (SSSR count). The first-order valence-electron chi connectivity index (χ1n) is 7.43. The predicted octanol–water partition coefficient (Wildman–Crippen LogP) is 4.13. The van der Waals surface area contributed by atoms with Gasteiger partial charge in [-0.15, -0.1) is 0 Å². The van der Waals surface area contributed by atoms with Crippen molar-refractivity contribution in [1.82, 2.24) is 4.98 Å². The molecule has 110 valence electrons. The first-order valence-corrected chi connectivity index (χ1v) is 7.43. The van der Waals surface area contributed by atoms with Crippen LogP contribution in [0.3, 0.4) is 0 Å². The van der Waals surface area contributed by atoms with E-state index < -0.39 is 0 Å². The van der Waals surface area contributed by atoms with E-state index in [1.54, 1.807) is 30.6 Å². The molecule has 1 aromatic carbocycles. The third-order valence-electron chi connectivity index (χ3n) is 4.29. The van der Waals surface area contributed by atoms with Crippen LogP contribution in [0, 0.1) is 16.0 Å². The molecule has 1 aliphatic rings. The van der Waals surface area contributed by atoms with Crippen LogP contribution < -0.4 is 5.32 Å². The largest absolute Gasteiger partial charge is 0.382 e. The fourth-order valence-corrected chi connectivity index (χ4v) is 3.24. The van der Waals surface area contributed by atoms with Crippen molar-refractivity contribution in [2.24, 2.45) is 5.92 Å². The van der Waals surface area contributed by atoms with E-state index >= 15 is 0 Å². The molecule has 1 N–H and O–H groups in total. The van der Waals surface area contributed by atoms with E-state index in [0.29, 0.717) is 11.4 Å². The van der Waals surface area contributed by atoms with Crippen LogP contribution in [0.15, 0.2) is 30.6 Å². The van der Waals surface area contributed by atoms with Gasteiger partial charge in [-0.2, -0.15) is 0 Å². The highest BCUT2D eigenvalue weighted by atomic mass is 16.6. The summed E-state index contributed by atoms with van der Waals surface area (Å²) in [7, 11) is 0. The van der Waals surface area contributed by atoms with Crippen LogP contribution in [0.25, 0.3) is 10.8 Å². The molecule has 2 atom stereocenters. The van der Waals surface area contributed by atoms with Gasteiger partial charge >= 0.3 is 0 Å². The molecular formula is C16H19N3O2. The summed E-state index contributed by atoms with van der Waals surface area (Å²) in [6.07, 6.45) is 8.14. The van der Waals surface area contributed by atoms with Gasteiger partial charge in [0.2, 0.25) is 0 Å². The Hall–Kier alpha value is -2.17. The van der Waals surface area contributed by atoms with Gasteiger partial charge < -0.3 is 5.32 Å². The Kier molecular flexibility index (Phi) is 3.73. The topological polar surface area (TPSA) is 68.1 Å². The third-order valence-corrected chi connectivity index (χ3v) is 4.29. The number of aromatic nitrogens is 1. The number of hydrogen-bond donors (Lipinski definition) is 1. The standard InChI is InChI=1S/C16H19N3O2/c1-11-3-2-4-12(9-11)18-15-5-6-16(19(20)21)13-7-8-17-10-14(13)15/h5-8,10-12,18H,2-4,9H2,1H3. The summed E-state index contributed by atoms with van der Waals surface area (Å²) in [5, 5.41) is 16.1. The van der Waals surface area contributed by atoms with Crippen molar-refractivity contribution in [2.45, 2.75) is 38.6 Å². The van der Waals surface area contributed by atoms with Crippen molar-refractivity contribution in [2.75, 3.05) is 5.32 Å². The van der Waals surface area contributed by atoms with E-state index in [1.807, 2.05) is 0 Å². The normalized spacial score (nSPS) is 22.1. The Morgan fingerprint density at radius 3 is 2.90 bits per heavy atom. The number of nitrogens with zero attached hydrogens (tertiary/aromatic N) is 2. The number of nitro benzene ring substituents is 1. The molecule has 1 aromatic heterocycles. The Morgan fingerprint density at radius 2 is 2.14 bits per heavy atom. The van der Waals surface area contributed by atoms with Gasteiger partial charge in [0, 0.05) is 35.6 Å². The number of benzene rings is 1. The smallest absolute Gasteiger partial charge is 0.277 e. The summed E-state index contributed by atoms with van der Waals surface area (Å²) in [5.74, 6) is 0.735. The average molecular weight is 285 g/mol. The number of anilines is 1. The van der Waals surface area contributed by atoms with Crippen molar-refractivity contribution in [1.29, 1.82) is 0 Å². The van der Waals surface area contributed by atoms with Gasteiger partial charge in [-0.05, 0) is 30.9 Å². The number of hydrogen-bond acceptors (Lipinski definition) is 4. The Morgan fingerprint density at radius 1 is 1.29 bits per heavy atom. The minimum absolute atomic E-state index is 0.134. The van der Waals surface area contributed by atoms with Crippen LogP contribution in [-0.4, -0.2) is 15.9 Å². The number of nitro groups is 1. The van der Waals surface area contributed by atoms with Gasteiger partial charge in [-0.25, -0.2) is 0 Å². The summed E-state index contributed by atoms with van der Waals surface area (Å²) in [6, 6.07) is 5.54. The van der Waals surface area contributed by atoms with Crippen LogP contribution in [-0.2, 0) is 0 Å². The monoisotopic (exact) mass is 285 g/mol. The van der Waals surface area contributed by atoms with Gasteiger partial charge in [-0.1, -0.05) is 19.8 Å². The maximum absolute atomic E-state index is 11.1. The maximum atomic E-state index is 11.1. The zero-order chi connectivity index (χ0) is 14.8. The zero-order valence-corrected chi connectivity index (χ0v) is 12.1. The highest BCUT2D eigenvalue weighted by Crippen LogP contribution is 2.33. The molecule has 1 fully saturated rings. The molecule has 2 aromatic rings. The van der Waals surface area contributed by atoms with Crippen molar-refractivity contribution >= 4 is 22.1 Å². The molecule has 21 heavy (non-hydrogen) atoms. The fourth-order valence-electron chi connectivity index (χ4n) is 3.24. The van der Waals surface area contributed by atoms with Gasteiger partial charge in [0.05, 0.1) is 10.3 Å². The quantitative estimate of drug-likeness (QED) is 0.680. The lowest BCUT2D eigenvalue weighted by Gasteiger charge is -2.28. The number of non-ortho nitro benzene ring substituents is 1. The Bertz CT molecular complexity index is 672. The number of fused-ring (bicyclic) bond motifs is 1. The second-order valence-electron chi connectivity index (χ2n) is 5.92. The van der Waals surface area contributed by atoms with E-state index in [9.17, 15) is 10.1 Å². The SMILES string of the molecule is CC1CCCC(Nc2ccc([N+](=O)[O-])c3ccncc23)C1. The molecule has 5 heteroatoms. The molecule has 1 saturated carbocycles. The van der Waals surface area contributed by atoms with Crippen LogP contribution in [0.4, 0.5) is 11.4 Å². The van der Waals surface area contributed by atoms with E-state index in [2.05, 4.69) is 17.2 Å². The molecule has 0 aliphatic heterocycles. The molecule has 1 aliphatic carbocycles. The van der Waals surface area contributed by atoms with E-state index in [0.717, 1.165) is 29.8 Å². The van der Waals surface area contributed by atoms with Gasteiger partial charge in [0.25, 0.3) is 5.69 Å². The number of pyridine rings is 1. The summed E-state index contributed by atoms with van der Waals surface area (Å²) in [5.41, 5.74) is 1.08. The summed E-state index contributed by atoms with van der Waals surface area (Å²) >= 11 is 0. The number of nitrogens with one attached hydrogen (secondary N) is 1. The van der Waals surface area contributed by atoms with E-state index in [4.69, 9.17) is 0 Å². The van der Waals surface area contributed by atoms with Gasteiger partial charge in [-0.3, -0.25) is 15.1 Å². The molecule has 0 spiro atoms. The molecule has 5 nitrogen and oxygen atoms in total. The van der Waals surface area contributed by atoms with Gasteiger partial charge in [0.1, 0.15) is 0 Å². The van der Waals surface area contributed by atoms with Gasteiger partial charge in [0.15, 0.2) is 0 Å². The molecule has 0 radical (unpaired) electrons. The van der Waals surface area contributed by atoms with Crippen molar-refractivity contribution in [3.63, 3.8) is 0 Å². The molecular weight excluding hydrogens is 266 g/mol.